The molecule has 1 aliphatic heterocycles. The SMILES string of the molecule is CCn1nnc(CNC)c1C1CCOC1. The van der Waals surface area contributed by atoms with Crippen molar-refractivity contribution in [2.24, 2.45) is 0 Å². The van der Waals surface area contributed by atoms with Crippen LogP contribution < -0.4 is 5.32 Å². The first kappa shape index (κ1) is 10.6. The standard InChI is InChI=1S/C10H18N4O/c1-3-14-10(8-4-5-15-7-8)9(6-11-2)12-13-14/h8,11H,3-7H2,1-2H3. The van der Waals surface area contributed by atoms with E-state index in [0.717, 1.165) is 38.4 Å². The highest BCUT2D eigenvalue weighted by molar-refractivity contribution is 5.16. The number of aromatic nitrogens is 3. The largest absolute Gasteiger partial charge is 0.381 e. The summed E-state index contributed by atoms with van der Waals surface area (Å²) in [6.07, 6.45) is 1.09. The van der Waals surface area contributed by atoms with Crippen molar-refractivity contribution in [1.82, 2.24) is 20.3 Å². The lowest BCUT2D eigenvalue weighted by atomic mass is 10.0. The third-order valence-electron chi connectivity index (χ3n) is 2.81. The molecule has 1 aliphatic rings. The summed E-state index contributed by atoms with van der Waals surface area (Å²) in [6.45, 7) is 5.42. The molecular formula is C10H18N4O. The summed E-state index contributed by atoms with van der Waals surface area (Å²) in [7, 11) is 1.93. The van der Waals surface area contributed by atoms with Crippen molar-refractivity contribution in [1.29, 1.82) is 0 Å². The van der Waals surface area contributed by atoms with Gasteiger partial charge in [0.25, 0.3) is 0 Å². The Kier molecular flexibility index (Phi) is 3.33. The number of nitrogens with zero attached hydrogens (tertiary/aromatic N) is 3. The van der Waals surface area contributed by atoms with Gasteiger partial charge in [-0.2, -0.15) is 0 Å². The van der Waals surface area contributed by atoms with E-state index in [1.807, 2.05) is 11.7 Å². The first-order valence-electron chi connectivity index (χ1n) is 5.51. The van der Waals surface area contributed by atoms with Crippen molar-refractivity contribution in [2.45, 2.75) is 32.4 Å². The molecule has 5 heteroatoms. The van der Waals surface area contributed by atoms with Crippen LogP contribution in [-0.2, 0) is 17.8 Å². The molecule has 1 aromatic rings. The fraction of sp³-hybridized carbons (Fsp3) is 0.800. The van der Waals surface area contributed by atoms with Gasteiger partial charge in [-0.1, -0.05) is 5.21 Å². The number of ether oxygens (including phenoxy) is 1. The van der Waals surface area contributed by atoms with Crippen LogP contribution in [0.1, 0.15) is 30.7 Å². The predicted octanol–water partition coefficient (Wildman–Crippen LogP) is 0.521. The second-order valence-electron chi connectivity index (χ2n) is 3.83. The van der Waals surface area contributed by atoms with Gasteiger partial charge in [-0.05, 0) is 20.4 Å². The molecule has 1 N–H and O–H groups in total. The summed E-state index contributed by atoms with van der Waals surface area (Å²) in [5.41, 5.74) is 2.32. The molecule has 5 nitrogen and oxygen atoms in total. The average molecular weight is 210 g/mol. The Morgan fingerprint density at radius 3 is 3.07 bits per heavy atom. The fourth-order valence-corrected chi connectivity index (χ4v) is 2.08. The number of nitrogens with one attached hydrogen (secondary N) is 1. The van der Waals surface area contributed by atoms with Crippen molar-refractivity contribution in [2.75, 3.05) is 20.3 Å². The van der Waals surface area contributed by atoms with Crippen molar-refractivity contribution in [3.05, 3.63) is 11.4 Å². The first-order valence-corrected chi connectivity index (χ1v) is 5.51. The molecule has 1 fully saturated rings. The van der Waals surface area contributed by atoms with Gasteiger partial charge in [0.2, 0.25) is 0 Å². The normalized spacial score (nSPS) is 21.1. The fourth-order valence-electron chi connectivity index (χ4n) is 2.08. The molecule has 0 aromatic carbocycles. The Balaban J connectivity index is 2.27. The van der Waals surface area contributed by atoms with Crippen molar-refractivity contribution < 1.29 is 4.74 Å². The van der Waals surface area contributed by atoms with Gasteiger partial charge < -0.3 is 10.1 Å². The van der Waals surface area contributed by atoms with E-state index in [-0.39, 0.29) is 0 Å². The van der Waals surface area contributed by atoms with Gasteiger partial charge in [0.1, 0.15) is 5.69 Å². The number of hydrogen-bond donors (Lipinski definition) is 1. The van der Waals surface area contributed by atoms with Gasteiger partial charge in [-0.25, -0.2) is 4.68 Å². The Bertz CT molecular complexity index is 317. The molecule has 15 heavy (non-hydrogen) atoms. The summed E-state index contributed by atoms with van der Waals surface area (Å²) in [6, 6.07) is 0. The molecule has 0 spiro atoms. The molecule has 0 bridgehead atoms. The van der Waals surface area contributed by atoms with Crippen LogP contribution in [0.25, 0.3) is 0 Å². The molecule has 1 aromatic heterocycles. The average Bonchev–Trinajstić information content (AvgIpc) is 2.85. The first-order chi connectivity index (χ1) is 7.36. The van der Waals surface area contributed by atoms with E-state index in [2.05, 4.69) is 22.6 Å². The van der Waals surface area contributed by atoms with Crippen LogP contribution in [0.5, 0.6) is 0 Å². The Morgan fingerprint density at radius 2 is 2.47 bits per heavy atom. The lowest BCUT2D eigenvalue weighted by Crippen LogP contribution is -2.13. The molecule has 0 radical (unpaired) electrons. The summed E-state index contributed by atoms with van der Waals surface area (Å²) in [4.78, 5) is 0. The lowest BCUT2D eigenvalue weighted by molar-refractivity contribution is 0.193. The summed E-state index contributed by atoms with van der Waals surface area (Å²) >= 11 is 0. The van der Waals surface area contributed by atoms with Crippen molar-refractivity contribution in [3.63, 3.8) is 0 Å². The topological polar surface area (TPSA) is 52.0 Å². The number of aryl methyl sites for hydroxylation is 1. The van der Waals surface area contributed by atoms with Crippen LogP contribution in [-0.4, -0.2) is 35.3 Å². The van der Waals surface area contributed by atoms with E-state index in [1.54, 1.807) is 0 Å². The van der Waals surface area contributed by atoms with Crippen LogP contribution >= 0.6 is 0 Å². The Hall–Kier alpha value is -0.940. The molecule has 2 heterocycles. The minimum absolute atomic E-state index is 0.475. The molecule has 0 saturated carbocycles. The number of hydrogen-bond acceptors (Lipinski definition) is 4. The molecule has 1 atom stereocenters. The second kappa shape index (κ2) is 4.72. The maximum atomic E-state index is 5.42. The van der Waals surface area contributed by atoms with E-state index in [1.165, 1.54) is 5.69 Å². The molecule has 1 saturated heterocycles. The van der Waals surface area contributed by atoms with Gasteiger partial charge in [-0.3, -0.25) is 0 Å². The third kappa shape index (κ3) is 2.03. The summed E-state index contributed by atoms with van der Waals surface area (Å²) in [5.74, 6) is 0.475. The molecule has 2 rings (SSSR count). The highest BCUT2D eigenvalue weighted by atomic mass is 16.5. The van der Waals surface area contributed by atoms with Crippen LogP contribution in [0.2, 0.25) is 0 Å². The van der Waals surface area contributed by atoms with Gasteiger partial charge >= 0.3 is 0 Å². The molecule has 84 valence electrons. The molecular weight excluding hydrogens is 192 g/mol. The highest BCUT2D eigenvalue weighted by Gasteiger charge is 2.25. The zero-order chi connectivity index (χ0) is 10.7. The summed E-state index contributed by atoms with van der Waals surface area (Å²) < 4.78 is 7.42. The highest BCUT2D eigenvalue weighted by Crippen LogP contribution is 2.26. The zero-order valence-corrected chi connectivity index (χ0v) is 9.36. The minimum Gasteiger partial charge on any atom is -0.381 e. The van der Waals surface area contributed by atoms with Gasteiger partial charge in [0.05, 0.1) is 12.3 Å². The van der Waals surface area contributed by atoms with Gasteiger partial charge in [0.15, 0.2) is 0 Å². The number of rotatable bonds is 4. The predicted molar refractivity (Wildman–Crippen MR) is 56.6 cm³/mol. The smallest absolute Gasteiger partial charge is 0.100 e. The van der Waals surface area contributed by atoms with E-state index < -0.39 is 0 Å². The monoisotopic (exact) mass is 210 g/mol. The Morgan fingerprint density at radius 1 is 1.60 bits per heavy atom. The van der Waals surface area contributed by atoms with Gasteiger partial charge in [-0.15, -0.1) is 5.10 Å². The second-order valence-corrected chi connectivity index (χ2v) is 3.83. The van der Waals surface area contributed by atoms with Crippen LogP contribution in [0.3, 0.4) is 0 Å². The quantitative estimate of drug-likeness (QED) is 0.787. The van der Waals surface area contributed by atoms with Crippen molar-refractivity contribution >= 4 is 0 Å². The van der Waals surface area contributed by atoms with E-state index in [9.17, 15) is 0 Å². The van der Waals surface area contributed by atoms with E-state index >= 15 is 0 Å². The molecule has 1 unspecified atom stereocenters. The van der Waals surface area contributed by atoms with Gasteiger partial charge in [0, 0.05) is 25.6 Å². The maximum absolute atomic E-state index is 5.42. The molecule has 0 amide bonds. The third-order valence-corrected chi connectivity index (χ3v) is 2.81. The zero-order valence-electron chi connectivity index (χ0n) is 9.36. The van der Waals surface area contributed by atoms with Crippen LogP contribution in [0.15, 0.2) is 0 Å². The Labute approximate surface area is 89.8 Å². The van der Waals surface area contributed by atoms with Crippen LogP contribution in [0, 0.1) is 0 Å². The van der Waals surface area contributed by atoms with Crippen molar-refractivity contribution in [3.8, 4) is 0 Å². The summed E-state index contributed by atoms with van der Waals surface area (Å²) in [5, 5.41) is 11.5. The minimum atomic E-state index is 0.475. The van der Waals surface area contributed by atoms with Crippen LogP contribution in [0.4, 0.5) is 0 Å². The molecule has 0 aliphatic carbocycles. The van der Waals surface area contributed by atoms with E-state index in [0.29, 0.717) is 5.92 Å². The lowest BCUT2D eigenvalue weighted by Gasteiger charge is -2.11. The van der Waals surface area contributed by atoms with E-state index in [4.69, 9.17) is 4.74 Å². The maximum Gasteiger partial charge on any atom is 0.100 e.